The number of rotatable bonds is 3. The van der Waals surface area contributed by atoms with Crippen molar-refractivity contribution >= 4 is 11.6 Å². The Hall–Kier alpha value is -2.04. The van der Waals surface area contributed by atoms with E-state index in [-0.39, 0.29) is 11.9 Å². The van der Waals surface area contributed by atoms with E-state index in [0.29, 0.717) is 24.5 Å². The highest BCUT2D eigenvalue weighted by atomic mass is 16.5. The van der Waals surface area contributed by atoms with E-state index in [1.54, 1.807) is 24.3 Å². The highest BCUT2D eigenvalue weighted by molar-refractivity contribution is 5.94. The number of carbonyl (C=O) groups is 1. The molecule has 1 aromatic carbocycles. The average molecular weight is 218 g/mol. The van der Waals surface area contributed by atoms with Crippen LogP contribution < -0.4 is 5.32 Å². The van der Waals surface area contributed by atoms with Crippen LogP contribution in [-0.4, -0.2) is 25.2 Å². The summed E-state index contributed by atoms with van der Waals surface area (Å²) < 4.78 is 4.95. The van der Waals surface area contributed by atoms with Gasteiger partial charge in [0.05, 0.1) is 19.3 Å². The molecule has 2 rings (SSSR count). The zero-order valence-corrected chi connectivity index (χ0v) is 8.46. The van der Waals surface area contributed by atoms with Crippen molar-refractivity contribution in [3.63, 3.8) is 0 Å². The van der Waals surface area contributed by atoms with Crippen LogP contribution in [0, 0.1) is 0 Å². The van der Waals surface area contributed by atoms with Gasteiger partial charge in [-0.15, -0.1) is 0 Å². The number of hydrogen-bond donors (Lipinski definition) is 1. The summed E-state index contributed by atoms with van der Waals surface area (Å²) in [5.74, 6) is -0.138. The van der Waals surface area contributed by atoms with Crippen LogP contribution in [-0.2, 0) is 4.74 Å². The van der Waals surface area contributed by atoms with Gasteiger partial charge in [0.2, 0.25) is 0 Å². The fraction of sp³-hybridized carbons (Fsp3) is 0.300. The summed E-state index contributed by atoms with van der Waals surface area (Å²) in [6.45, 7) is 1.14. The van der Waals surface area contributed by atoms with Crippen LogP contribution >= 0.6 is 0 Å². The summed E-state index contributed by atoms with van der Waals surface area (Å²) in [4.78, 5) is 14.3. The van der Waals surface area contributed by atoms with Crippen molar-refractivity contribution in [3.05, 3.63) is 40.3 Å². The van der Waals surface area contributed by atoms with E-state index in [2.05, 4.69) is 15.3 Å². The Balaban J connectivity index is 2.02. The zero-order chi connectivity index (χ0) is 11.4. The molecule has 16 heavy (non-hydrogen) atoms. The molecule has 0 radical (unpaired) electrons. The third kappa shape index (κ3) is 2.31. The standard InChI is InChI=1S/C10H10N4O2/c11-14-13-8-3-1-7(2-4-8)10(15)12-9-5-16-6-9/h1-4,9H,5-6H2,(H,12,15). The highest BCUT2D eigenvalue weighted by Gasteiger charge is 2.20. The largest absolute Gasteiger partial charge is 0.377 e. The molecule has 0 bridgehead atoms. The maximum absolute atomic E-state index is 11.6. The van der Waals surface area contributed by atoms with Gasteiger partial charge in [0.1, 0.15) is 0 Å². The Morgan fingerprint density at radius 1 is 1.44 bits per heavy atom. The monoisotopic (exact) mass is 218 g/mol. The van der Waals surface area contributed by atoms with Crippen molar-refractivity contribution in [2.75, 3.05) is 13.2 Å². The molecule has 0 spiro atoms. The lowest BCUT2D eigenvalue weighted by molar-refractivity contribution is -0.00346. The highest BCUT2D eigenvalue weighted by Crippen LogP contribution is 2.13. The van der Waals surface area contributed by atoms with Crippen LogP contribution in [0.5, 0.6) is 0 Å². The van der Waals surface area contributed by atoms with E-state index in [1.807, 2.05) is 0 Å². The summed E-state index contributed by atoms with van der Waals surface area (Å²) in [5.41, 5.74) is 9.26. The second kappa shape index (κ2) is 4.65. The topological polar surface area (TPSA) is 87.1 Å². The van der Waals surface area contributed by atoms with Crippen molar-refractivity contribution < 1.29 is 9.53 Å². The van der Waals surface area contributed by atoms with E-state index in [1.165, 1.54) is 0 Å². The second-order valence-corrected chi connectivity index (χ2v) is 3.44. The first-order chi connectivity index (χ1) is 7.79. The first-order valence-corrected chi connectivity index (χ1v) is 4.83. The Kier molecular flexibility index (Phi) is 3.05. The summed E-state index contributed by atoms with van der Waals surface area (Å²) in [7, 11) is 0. The minimum absolute atomic E-state index is 0.115. The Morgan fingerprint density at radius 3 is 2.62 bits per heavy atom. The van der Waals surface area contributed by atoms with Crippen molar-refractivity contribution in [2.24, 2.45) is 5.11 Å². The quantitative estimate of drug-likeness (QED) is 0.476. The molecule has 1 heterocycles. The van der Waals surface area contributed by atoms with E-state index in [4.69, 9.17) is 10.3 Å². The molecule has 6 heteroatoms. The average Bonchev–Trinajstić information content (AvgIpc) is 2.25. The molecular formula is C10H10N4O2. The lowest BCUT2D eigenvalue weighted by atomic mass is 10.1. The molecule has 1 aromatic rings. The van der Waals surface area contributed by atoms with Crippen LogP contribution in [0.1, 0.15) is 10.4 Å². The van der Waals surface area contributed by atoms with Gasteiger partial charge in [-0.1, -0.05) is 17.2 Å². The van der Waals surface area contributed by atoms with Gasteiger partial charge in [-0.3, -0.25) is 4.79 Å². The number of hydrogen-bond acceptors (Lipinski definition) is 3. The molecule has 1 amide bonds. The molecule has 82 valence electrons. The van der Waals surface area contributed by atoms with Crippen molar-refractivity contribution in [2.45, 2.75) is 6.04 Å². The number of azide groups is 1. The molecule has 1 aliphatic rings. The van der Waals surface area contributed by atoms with Crippen LogP contribution in [0.4, 0.5) is 5.69 Å². The third-order valence-corrected chi connectivity index (χ3v) is 2.26. The molecule has 0 aromatic heterocycles. The van der Waals surface area contributed by atoms with Gasteiger partial charge < -0.3 is 10.1 Å². The van der Waals surface area contributed by atoms with Crippen molar-refractivity contribution in [1.82, 2.24) is 5.32 Å². The third-order valence-electron chi connectivity index (χ3n) is 2.26. The van der Waals surface area contributed by atoms with Gasteiger partial charge in [0.25, 0.3) is 5.91 Å². The minimum atomic E-state index is -0.138. The molecule has 1 saturated heterocycles. The number of benzene rings is 1. The Bertz CT molecular complexity index is 433. The SMILES string of the molecule is [N-]=[N+]=Nc1ccc(C(=O)NC2COC2)cc1. The molecule has 1 N–H and O–H groups in total. The predicted octanol–water partition coefficient (Wildman–Crippen LogP) is 1.76. The molecule has 0 unspecified atom stereocenters. The fourth-order valence-corrected chi connectivity index (χ4v) is 1.32. The van der Waals surface area contributed by atoms with Gasteiger partial charge in [-0.25, -0.2) is 0 Å². The van der Waals surface area contributed by atoms with Crippen LogP contribution in [0.3, 0.4) is 0 Å². The van der Waals surface area contributed by atoms with Crippen molar-refractivity contribution in [3.8, 4) is 0 Å². The summed E-state index contributed by atoms with van der Waals surface area (Å²) in [5, 5.41) is 6.24. The van der Waals surface area contributed by atoms with Gasteiger partial charge in [-0.2, -0.15) is 0 Å². The molecule has 1 aliphatic heterocycles. The lowest BCUT2D eigenvalue weighted by Crippen LogP contribution is -2.48. The van der Waals surface area contributed by atoms with Crippen molar-refractivity contribution in [1.29, 1.82) is 0 Å². The van der Waals surface area contributed by atoms with Gasteiger partial charge >= 0.3 is 0 Å². The van der Waals surface area contributed by atoms with E-state index >= 15 is 0 Å². The zero-order valence-electron chi connectivity index (χ0n) is 8.46. The van der Waals surface area contributed by atoms with Crippen LogP contribution in [0.25, 0.3) is 10.4 Å². The molecule has 0 atom stereocenters. The maximum Gasteiger partial charge on any atom is 0.251 e. The number of nitrogens with one attached hydrogen (secondary N) is 1. The van der Waals surface area contributed by atoms with E-state index in [0.717, 1.165) is 0 Å². The van der Waals surface area contributed by atoms with Gasteiger partial charge in [-0.05, 0) is 17.7 Å². The number of amides is 1. The smallest absolute Gasteiger partial charge is 0.251 e. The van der Waals surface area contributed by atoms with Crippen LogP contribution in [0.15, 0.2) is 29.4 Å². The second-order valence-electron chi connectivity index (χ2n) is 3.44. The number of carbonyl (C=O) groups excluding carboxylic acids is 1. The normalized spacial score (nSPS) is 14.8. The molecule has 6 nitrogen and oxygen atoms in total. The van der Waals surface area contributed by atoms with Gasteiger partial charge in [0.15, 0.2) is 0 Å². The Labute approximate surface area is 91.8 Å². The van der Waals surface area contributed by atoms with Gasteiger partial charge in [0, 0.05) is 16.2 Å². The predicted molar refractivity (Wildman–Crippen MR) is 57.3 cm³/mol. The minimum Gasteiger partial charge on any atom is -0.377 e. The summed E-state index contributed by atoms with van der Waals surface area (Å²) in [6, 6.07) is 6.57. The maximum atomic E-state index is 11.6. The molecular weight excluding hydrogens is 208 g/mol. The fourth-order valence-electron chi connectivity index (χ4n) is 1.32. The Morgan fingerprint density at radius 2 is 2.12 bits per heavy atom. The molecule has 0 aliphatic carbocycles. The lowest BCUT2D eigenvalue weighted by Gasteiger charge is -2.26. The van der Waals surface area contributed by atoms with Crippen LogP contribution in [0.2, 0.25) is 0 Å². The first kappa shape index (κ1) is 10.5. The summed E-state index contributed by atoms with van der Waals surface area (Å²) >= 11 is 0. The van der Waals surface area contributed by atoms with E-state index in [9.17, 15) is 4.79 Å². The molecule has 1 fully saturated rings. The first-order valence-electron chi connectivity index (χ1n) is 4.83. The summed E-state index contributed by atoms with van der Waals surface area (Å²) in [6.07, 6.45) is 0. The van der Waals surface area contributed by atoms with E-state index < -0.39 is 0 Å². The number of ether oxygens (including phenoxy) is 1. The molecule has 0 saturated carbocycles. The number of nitrogens with zero attached hydrogens (tertiary/aromatic N) is 3.